The van der Waals surface area contributed by atoms with Crippen molar-refractivity contribution in [3.63, 3.8) is 0 Å². The average molecular weight is 371 g/mol. The molecule has 1 aliphatic heterocycles. The molecule has 0 aliphatic carbocycles. The van der Waals surface area contributed by atoms with Gasteiger partial charge in [-0.3, -0.25) is 9.59 Å². The first-order valence-electron chi connectivity index (χ1n) is 9.12. The van der Waals surface area contributed by atoms with Crippen molar-refractivity contribution >= 4 is 11.8 Å². The predicted octanol–water partition coefficient (Wildman–Crippen LogP) is 1.20. The Balaban J connectivity index is 1.46. The van der Waals surface area contributed by atoms with Crippen LogP contribution in [0.2, 0.25) is 0 Å². The first-order valence-corrected chi connectivity index (χ1v) is 9.12. The third-order valence-electron chi connectivity index (χ3n) is 4.90. The van der Waals surface area contributed by atoms with Gasteiger partial charge in [-0.05, 0) is 37.5 Å². The van der Waals surface area contributed by atoms with Crippen molar-refractivity contribution in [3.8, 4) is 5.75 Å². The van der Waals surface area contributed by atoms with Gasteiger partial charge in [0, 0.05) is 19.1 Å². The minimum atomic E-state index is -0.403. The van der Waals surface area contributed by atoms with Gasteiger partial charge in [-0.1, -0.05) is 12.1 Å². The fraction of sp³-hybridized carbons (Fsp3) is 0.474. The zero-order chi connectivity index (χ0) is 19.2. The van der Waals surface area contributed by atoms with Gasteiger partial charge < -0.3 is 15.0 Å². The number of ether oxygens (including phenoxy) is 1. The number of benzene rings is 1. The Morgan fingerprint density at radius 1 is 1.33 bits per heavy atom. The van der Waals surface area contributed by atoms with E-state index >= 15 is 0 Å². The summed E-state index contributed by atoms with van der Waals surface area (Å²) in [5.41, 5.74) is 0.941. The number of aromatic nitrogens is 3. The average Bonchev–Trinajstić information content (AvgIpc) is 3.22. The van der Waals surface area contributed by atoms with Gasteiger partial charge in [0.1, 0.15) is 24.4 Å². The molecule has 1 saturated heterocycles. The van der Waals surface area contributed by atoms with Crippen LogP contribution >= 0.6 is 0 Å². The minimum absolute atomic E-state index is 0.0735. The van der Waals surface area contributed by atoms with Gasteiger partial charge in [-0.2, -0.15) is 5.10 Å². The van der Waals surface area contributed by atoms with E-state index in [1.54, 1.807) is 14.0 Å². The summed E-state index contributed by atoms with van der Waals surface area (Å²) >= 11 is 0. The van der Waals surface area contributed by atoms with Crippen LogP contribution in [0.1, 0.15) is 31.4 Å². The summed E-state index contributed by atoms with van der Waals surface area (Å²) in [6, 6.07) is 7.24. The summed E-state index contributed by atoms with van der Waals surface area (Å²) in [6.07, 6.45) is 4.80. The quantitative estimate of drug-likeness (QED) is 0.824. The molecule has 0 unspecified atom stereocenters. The summed E-state index contributed by atoms with van der Waals surface area (Å²) in [7, 11) is 1.61. The van der Waals surface area contributed by atoms with Gasteiger partial charge in [0.15, 0.2) is 0 Å². The Morgan fingerprint density at radius 3 is 2.78 bits per heavy atom. The molecule has 1 fully saturated rings. The van der Waals surface area contributed by atoms with Gasteiger partial charge in [0.25, 0.3) is 0 Å². The van der Waals surface area contributed by atoms with Crippen molar-refractivity contribution < 1.29 is 14.3 Å². The van der Waals surface area contributed by atoms with Crippen molar-refractivity contribution in [3.05, 3.63) is 42.5 Å². The van der Waals surface area contributed by atoms with Crippen molar-refractivity contribution in [1.29, 1.82) is 0 Å². The van der Waals surface area contributed by atoms with E-state index in [1.807, 2.05) is 29.2 Å². The van der Waals surface area contributed by atoms with E-state index in [9.17, 15) is 9.59 Å². The lowest BCUT2D eigenvalue weighted by molar-refractivity contribution is -0.131. The van der Waals surface area contributed by atoms with Crippen LogP contribution in [0.3, 0.4) is 0 Å². The number of hydrogen-bond acceptors (Lipinski definition) is 5. The Morgan fingerprint density at radius 2 is 2.11 bits per heavy atom. The van der Waals surface area contributed by atoms with Crippen LogP contribution in [0.25, 0.3) is 0 Å². The molecule has 27 heavy (non-hydrogen) atoms. The van der Waals surface area contributed by atoms with E-state index in [2.05, 4.69) is 15.4 Å². The van der Waals surface area contributed by atoms with E-state index in [0.717, 1.165) is 24.2 Å². The molecule has 0 bridgehead atoms. The molecule has 0 saturated carbocycles. The lowest BCUT2D eigenvalue weighted by Gasteiger charge is -2.33. The van der Waals surface area contributed by atoms with Gasteiger partial charge in [0.05, 0.1) is 13.5 Å². The maximum atomic E-state index is 12.5. The highest BCUT2D eigenvalue weighted by atomic mass is 16.5. The molecule has 1 aromatic heterocycles. The van der Waals surface area contributed by atoms with Crippen molar-refractivity contribution in [2.45, 2.75) is 38.3 Å². The smallest absolute Gasteiger partial charge is 0.244 e. The second kappa shape index (κ2) is 8.66. The fourth-order valence-electron chi connectivity index (χ4n) is 3.20. The molecule has 3 rings (SSSR count). The van der Waals surface area contributed by atoms with Crippen LogP contribution in [0.5, 0.6) is 5.75 Å². The Kier molecular flexibility index (Phi) is 6.05. The van der Waals surface area contributed by atoms with Crippen molar-refractivity contribution in [2.75, 3.05) is 20.2 Å². The van der Waals surface area contributed by atoms with E-state index in [1.165, 1.54) is 17.3 Å². The number of nitrogens with one attached hydrogen (secondary N) is 1. The van der Waals surface area contributed by atoms with Crippen molar-refractivity contribution in [1.82, 2.24) is 25.0 Å². The molecule has 144 valence electrons. The maximum absolute atomic E-state index is 12.5. The van der Waals surface area contributed by atoms with Gasteiger partial charge in [0.2, 0.25) is 11.8 Å². The summed E-state index contributed by atoms with van der Waals surface area (Å²) in [5, 5.41) is 7.05. The van der Waals surface area contributed by atoms with Crippen LogP contribution in [-0.2, 0) is 16.0 Å². The fourth-order valence-corrected chi connectivity index (χ4v) is 3.20. The molecular weight excluding hydrogens is 346 g/mol. The van der Waals surface area contributed by atoms with Gasteiger partial charge >= 0.3 is 0 Å². The number of nitrogens with zero attached hydrogens (tertiary/aromatic N) is 4. The standard InChI is InChI=1S/C19H25N5O3/c1-14(24-13-20-12-21-24)19(26)22-16-6-8-23(9-7-16)18(25)11-15-4-3-5-17(10-15)27-2/h3-5,10,12-14,16H,6-9,11H2,1-2H3,(H,22,26)/t14-/m0/s1. The number of methoxy groups -OCH3 is 1. The number of likely N-dealkylation sites (tertiary alicyclic amines) is 1. The number of rotatable bonds is 6. The second-order valence-corrected chi connectivity index (χ2v) is 6.74. The zero-order valence-corrected chi connectivity index (χ0v) is 15.7. The second-order valence-electron chi connectivity index (χ2n) is 6.74. The molecule has 1 N–H and O–H groups in total. The summed E-state index contributed by atoms with van der Waals surface area (Å²) in [5.74, 6) is 0.772. The number of piperidine rings is 1. The molecule has 2 amide bonds. The maximum Gasteiger partial charge on any atom is 0.244 e. The lowest BCUT2D eigenvalue weighted by Crippen LogP contribution is -2.48. The SMILES string of the molecule is COc1cccc(CC(=O)N2CCC(NC(=O)[C@H](C)n3cncn3)CC2)c1. The highest BCUT2D eigenvalue weighted by molar-refractivity contribution is 5.80. The van der Waals surface area contributed by atoms with E-state index in [-0.39, 0.29) is 17.9 Å². The van der Waals surface area contributed by atoms with Crippen LogP contribution in [-0.4, -0.2) is 57.7 Å². The molecule has 0 spiro atoms. The minimum Gasteiger partial charge on any atom is -0.497 e. The molecular formula is C19H25N5O3. The highest BCUT2D eigenvalue weighted by Crippen LogP contribution is 2.16. The molecule has 2 aromatic rings. The van der Waals surface area contributed by atoms with Crippen LogP contribution in [0, 0.1) is 0 Å². The third-order valence-corrected chi connectivity index (χ3v) is 4.90. The molecule has 2 heterocycles. The van der Waals surface area contributed by atoms with Crippen molar-refractivity contribution in [2.24, 2.45) is 0 Å². The van der Waals surface area contributed by atoms with E-state index in [4.69, 9.17) is 4.74 Å². The predicted molar refractivity (Wildman–Crippen MR) is 99.2 cm³/mol. The number of carbonyl (C=O) groups is 2. The topological polar surface area (TPSA) is 89.4 Å². The van der Waals surface area contributed by atoms with Gasteiger partial charge in [-0.25, -0.2) is 9.67 Å². The number of carbonyl (C=O) groups excluding carboxylic acids is 2. The van der Waals surface area contributed by atoms with E-state index < -0.39 is 6.04 Å². The normalized spacial score (nSPS) is 16.0. The van der Waals surface area contributed by atoms with Crippen LogP contribution in [0.15, 0.2) is 36.9 Å². The first-order chi connectivity index (χ1) is 13.1. The molecule has 1 aliphatic rings. The molecule has 1 aromatic carbocycles. The molecule has 1 atom stereocenters. The summed E-state index contributed by atoms with van der Waals surface area (Å²) < 4.78 is 6.73. The Labute approximate surface area is 158 Å². The summed E-state index contributed by atoms with van der Waals surface area (Å²) in [6.45, 7) is 3.08. The first kappa shape index (κ1) is 18.9. The summed E-state index contributed by atoms with van der Waals surface area (Å²) in [4.78, 5) is 30.6. The van der Waals surface area contributed by atoms with E-state index in [0.29, 0.717) is 19.5 Å². The largest absolute Gasteiger partial charge is 0.497 e. The Hall–Kier alpha value is -2.90. The number of amides is 2. The molecule has 0 radical (unpaired) electrons. The Bertz CT molecular complexity index is 769. The van der Waals surface area contributed by atoms with Crippen LogP contribution in [0.4, 0.5) is 0 Å². The zero-order valence-electron chi connectivity index (χ0n) is 15.7. The van der Waals surface area contributed by atoms with Crippen LogP contribution < -0.4 is 10.1 Å². The lowest BCUT2D eigenvalue weighted by atomic mass is 10.0. The molecule has 8 heteroatoms. The number of hydrogen-bond donors (Lipinski definition) is 1. The molecule has 8 nitrogen and oxygen atoms in total. The van der Waals surface area contributed by atoms with Gasteiger partial charge in [-0.15, -0.1) is 0 Å². The highest BCUT2D eigenvalue weighted by Gasteiger charge is 2.25. The third kappa shape index (κ3) is 4.84. The monoisotopic (exact) mass is 371 g/mol.